The van der Waals surface area contributed by atoms with Gasteiger partial charge in [-0.05, 0) is 13.0 Å². The van der Waals surface area contributed by atoms with Crippen LogP contribution in [0.5, 0.6) is 0 Å². The van der Waals surface area contributed by atoms with Crippen LogP contribution < -0.4 is 5.73 Å². The maximum absolute atomic E-state index is 9.62. The second kappa shape index (κ2) is 6.15. The zero-order chi connectivity index (χ0) is 5.54. The molecule has 1 unspecified atom stereocenters. The van der Waals surface area contributed by atoms with Gasteiger partial charge in [-0.2, -0.15) is 0 Å². The highest BCUT2D eigenvalue weighted by atomic mass is 31.1. The summed E-state index contributed by atoms with van der Waals surface area (Å²) < 4.78 is 14.1. The fourth-order valence-electron chi connectivity index (χ4n) is 0.215. The smallest absolute Gasteiger partial charge is 0.179 e. The van der Waals surface area contributed by atoms with Crippen molar-refractivity contribution in [2.24, 2.45) is 5.73 Å². The van der Waals surface area contributed by atoms with E-state index < -0.39 is 8.69 Å². The fourth-order valence-corrected chi connectivity index (χ4v) is 0.478. The number of nitrogens with two attached hydrogens (primary N) is 1. The molecule has 2 N–H and O–H groups in total. The minimum absolute atomic E-state index is 0.537. The molecule has 0 heterocycles. The molecule has 0 saturated carbocycles. The number of hydrogen-bond donors (Lipinski definition) is 1. The molecule has 0 saturated heterocycles. The summed E-state index contributed by atoms with van der Waals surface area (Å²) in [5.74, 6) is 0. The van der Waals surface area contributed by atoms with E-state index >= 15 is 0 Å². The first-order valence-corrected chi connectivity index (χ1v) is 3.11. The molecule has 0 spiro atoms. The Labute approximate surface area is 44.1 Å². The highest BCUT2D eigenvalue weighted by Crippen LogP contribution is 1.93. The lowest BCUT2D eigenvalue weighted by molar-refractivity contribution is 0.338. The Bertz CT molecular complexity index is 50.2. The molecule has 0 fully saturated rings. The third-order valence-corrected chi connectivity index (χ3v) is 0.906. The summed E-state index contributed by atoms with van der Waals surface area (Å²) in [5, 5.41) is 0. The lowest BCUT2D eigenvalue weighted by Gasteiger charge is -1.89. The topological polar surface area (TPSA) is 52.3 Å². The maximum Gasteiger partial charge on any atom is 0.179 e. The lowest BCUT2D eigenvalue weighted by Crippen LogP contribution is -2.00. The Morgan fingerprint density at radius 3 is 2.86 bits per heavy atom. The van der Waals surface area contributed by atoms with E-state index in [2.05, 4.69) is 4.52 Å². The van der Waals surface area contributed by atoms with Crippen LogP contribution in [0.4, 0.5) is 0 Å². The van der Waals surface area contributed by atoms with Gasteiger partial charge in [0.05, 0.1) is 6.61 Å². The van der Waals surface area contributed by atoms with Crippen molar-refractivity contribution in [3.8, 4) is 0 Å². The third kappa shape index (κ3) is 6.15. The van der Waals surface area contributed by atoms with Crippen molar-refractivity contribution in [1.82, 2.24) is 0 Å². The average molecular weight is 123 g/mol. The van der Waals surface area contributed by atoms with Crippen LogP contribution in [0.15, 0.2) is 0 Å². The van der Waals surface area contributed by atoms with Gasteiger partial charge >= 0.3 is 0 Å². The molecule has 0 aromatic rings. The Morgan fingerprint density at radius 1 is 1.71 bits per heavy atom. The van der Waals surface area contributed by atoms with Crippen LogP contribution in [0, 0.1) is 0 Å². The molecule has 44 valence electrons. The van der Waals surface area contributed by atoms with Crippen LogP contribution in [0.25, 0.3) is 0 Å². The van der Waals surface area contributed by atoms with Gasteiger partial charge in [0.1, 0.15) is 0 Å². The summed E-state index contributed by atoms with van der Waals surface area (Å²) in [4.78, 5) is 0. The van der Waals surface area contributed by atoms with Gasteiger partial charge in [0.15, 0.2) is 8.69 Å². The minimum Gasteiger partial charge on any atom is -0.332 e. The Balaban J connectivity index is 2.56. The highest BCUT2D eigenvalue weighted by Gasteiger charge is 1.77. The molecule has 0 radical (unpaired) electrons. The van der Waals surface area contributed by atoms with Crippen molar-refractivity contribution >= 4 is 8.69 Å². The third-order valence-electron chi connectivity index (χ3n) is 0.534. The molecule has 0 rings (SSSR count). The predicted molar refractivity (Wildman–Crippen MR) is 30.0 cm³/mol. The van der Waals surface area contributed by atoms with E-state index in [0.717, 1.165) is 6.42 Å². The normalized spacial score (nSPS) is 11.0. The molecular formula is C3H10NO2P. The Hall–Kier alpha value is 0.150. The van der Waals surface area contributed by atoms with Crippen molar-refractivity contribution < 1.29 is 9.09 Å². The molecule has 4 heteroatoms. The monoisotopic (exact) mass is 123 g/mol. The van der Waals surface area contributed by atoms with E-state index in [-0.39, 0.29) is 0 Å². The van der Waals surface area contributed by atoms with Crippen LogP contribution >= 0.6 is 8.69 Å². The molecule has 0 aromatic heterocycles. The zero-order valence-electron chi connectivity index (χ0n) is 4.09. The molecule has 0 aromatic carbocycles. The van der Waals surface area contributed by atoms with E-state index in [1.165, 1.54) is 0 Å². The highest BCUT2D eigenvalue weighted by molar-refractivity contribution is 7.17. The second-order valence-corrected chi connectivity index (χ2v) is 1.64. The molecule has 0 aliphatic rings. The summed E-state index contributed by atoms with van der Waals surface area (Å²) in [5.41, 5.74) is 5.10. The van der Waals surface area contributed by atoms with Crippen LogP contribution in [0.1, 0.15) is 6.42 Å². The Kier molecular flexibility index (Phi) is 6.28. The van der Waals surface area contributed by atoms with Crippen LogP contribution in [0.3, 0.4) is 0 Å². The number of hydrogen-bond acceptors (Lipinski definition) is 3. The van der Waals surface area contributed by atoms with E-state index in [1.807, 2.05) is 0 Å². The van der Waals surface area contributed by atoms with Crippen molar-refractivity contribution in [1.29, 1.82) is 0 Å². The van der Waals surface area contributed by atoms with Crippen LogP contribution in [-0.4, -0.2) is 13.2 Å². The van der Waals surface area contributed by atoms with Crippen molar-refractivity contribution in [3.63, 3.8) is 0 Å². The summed E-state index contributed by atoms with van der Waals surface area (Å²) in [6.07, 6.45) is 0.801. The number of rotatable bonds is 4. The van der Waals surface area contributed by atoms with Gasteiger partial charge in [-0.1, -0.05) is 0 Å². The molecule has 1 atom stereocenters. The van der Waals surface area contributed by atoms with Crippen LogP contribution in [-0.2, 0) is 9.09 Å². The first-order valence-electron chi connectivity index (χ1n) is 2.17. The van der Waals surface area contributed by atoms with Gasteiger partial charge in [0.25, 0.3) is 0 Å². The first-order chi connectivity index (χ1) is 3.41. The first kappa shape index (κ1) is 7.15. The average Bonchev–Trinajstić information content (AvgIpc) is 1.69. The van der Waals surface area contributed by atoms with E-state index in [4.69, 9.17) is 5.73 Å². The summed E-state index contributed by atoms with van der Waals surface area (Å²) >= 11 is 0. The molecule has 0 aliphatic heterocycles. The van der Waals surface area contributed by atoms with Gasteiger partial charge in [-0.15, -0.1) is 0 Å². The maximum atomic E-state index is 9.62. The zero-order valence-corrected chi connectivity index (χ0v) is 5.25. The van der Waals surface area contributed by atoms with Gasteiger partial charge in [0.2, 0.25) is 0 Å². The van der Waals surface area contributed by atoms with Gasteiger partial charge in [-0.3, -0.25) is 4.57 Å². The lowest BCUT2D eigenvalue weighted by atomic mass is 10.5. The molecule has 0 aliphatic carbocycles. The van der Waals surface area contributed by atoms with E-state index in [9.17, 15) is 4.57 Å². The SMILES string of the molecule is NCCCO[PH2]=O. The predicted octanol–water partition coefficient (Wildman–Crippen LogP) is 0.0231. The molecule has 0 amide bonds. The van der Waals surface area contributed by atoms with E-state index in [1.54, 1.807) is 0 Å². The van der Waals surface area contributed by atoms with Crippen LogP contribution in [0.2, 0.25) is 0 Å². The minimum atomic E-state index is -1.02. The molecule has 0 bridgehead atoms. The summed E-state index contributed by atoms with van der Waals surface area (Å²) in [7, 11) is -1.02. The van der Waals surface area contributed by atoms with Crippen molar-refractivity contribution in [3.05, 3.63) is 0 Å². The molecule has 3 nitrogen and oxygen atoms in total. The largest absolute Gasteiger partial charge is 0.332 e. The summed E-state index contributed by atoms with van der Waals surface area (Å²) in [6.45, 7) is 1.15. The van der Waals surface area contributed by atoms with Gasteiger partial charge < -0.3 is 10.3 Å². The Morgan fingerprint density at radius 2 is 2.43 bits per heavy atom. The van der Waals surface area contributed by atoms with Gasteiger partial charge in [0, 0.05) is 0 Å². The standard InChI is InChI=1S/C3H10NO2P/c4-2-1-3-6-7-5/h1-4,7H2. The molecular weight excluding hydrogens is 113 g/mol. The molecule has 7 heavy (non-hydrogen) atoms. The summed E-state index contributed by atoms with van der Waals surface area (Å²) in [6, 6.07) is 0. The van der Waals surface area contributed by atoms with E-state index in [0.29, 0.717) is 13.2 Å². The fraction of sp³-hybridized carbons (Fsp3) is 1.00. The second-order valence-electron chi connectivity index (χ2n) is 1.11. The van der Waals surface area contributed by atoms with Gasteiger partial charge in [-0.25, -0.2) is 0 Å². The van der Waals surface area contributed by atoms with Crippen molar-refractivity contribution in [2.45, 2.75) is 6.42 Å². The van der Waals surface area contributed by atoms with Crippen molar-refractivity contribution in [2.75, 3.05) is 13.2 Å². The quantitative estimate of drug-likeness (QED) is 0.423.